The Morgan fingerprint density at radius 1 is 1.22 bits per heavy atom. The second-order valence-electron chi connectivity index (χ2n) is 3.64. The highest BCUT2D eigenvalue weighted by molar-refractivity contribution is 5.38. The highest BCUT2D eigenvalue weighted by Gasteiger charge is 2.40. The van der Waals surface area contributed by atoms with E-state index in [4.69, 9.17) is 5.26 Å². The van der Waals surface area contributed by atoms with Crippen LogP contribution in [0.2, 0.25) is 0 Å². The lowest BCUT2D eigenvalue weighted by molar-refractivity contribution is -0.143. The minimum Gasteiger partial charge on any atom is -0.207 e. The Balaban J connectivity index is 2.63. The third kappa shape index (κ3) is 2.05. The first-order chi connectivity index (χ1) is 8.43. The first kappa shape index (κ1) is 12.1. The van der Waals surface area contributed by atoms with Gasteiger partial charge in [-0.3, -0.25) is 0 Å². The van der Waals surface area contributed by atoms with Crippen molar-refractivity contribution in [3.8, 4) is 11.8 Å². The molecule has 0 unspecified atom stereocenters. The molecule has 92 valence electrons. The average molecular weight is 252 g/mol. The standard InChI is InChI=1S/C11H7F3N4/c1-7-2-4-8(5-3-7)18-10(11(12,13)14)9(6-15)16-17-18/h2-5H,1H3. The van der Waals surface area contributed by atoms with Crippen LogP contribution < -0.4 is 0 Å². The molecule has 0 aliphatic heterocycles. The number of aromatic nitrogens is 3. The third-order valence-electron chi connectivity index (χ3n) is 2.32. The van der Waals surface area contributed by atoms with E-state index in [0.29, 0.717) is 4.68 Å². The molecule has 1 heterocycles. The number of nitrogens with zero attached hydrogens (tertiary/aromatic N) is 4. The van der Waals surface area contributed by atoms with Gasteiger partial charge in [-0.15, -0.1) is 5.10 Å². The number of benzene rings is 1. The van der Waals surface area contributed by atoms with Crippen molar-refractivity contribution in [2.45, 2.75) is 13.1 Å². The number of rotatable bonds is 1. The molecule has 4 nitrogen and oxygen atoms in total. The molecule has 0 saturated carbocycles. The summed E-state index contributed by atoms with van der Waals surface area (Å²) in [4.78, 5) is 0. The van der Waals surface area contributed by atoms with Crippen molar-refractivity contribution in [1.82, 2.24) is 15.0 Å². The molecule has 2 aromatic rings. The number of alkyl halides is 3. The number of hydrogen-bond donors (Lipinski definition) is 0. The maximum Gasteiger partial charge on any atom is 0.436 e. The highest BCUT2D eigenvalue weighted by atomic mass is 19.4. The molecule has 0 saturated heterocycles. The zero-order valence-corrected chi connectivity index (χ0v) is 9.23. The Morgan fingerprint density at radius 2 is 1.83 bits per heavy atom. The summed E-state index contributed by atoms with van der Waals surface area (Å²) in [6.07, 6.45) is -4.68. The summed E-state index contributed by atoms with van der Waals surface area (Å²) in [7, 11) is 0. The summed E-state index contributed by atoms with van der Waals surface area (Å²) in [5, 5.41) is 15.2. The predicted octanol–water partition coefficient (Wildman–Crippen LogP) is 2.47. The first-order valence-corrected chi connectivity index (χ1v) is 4.93. The van der Waals surface area contributed by atoms with Gasteiger partial charge in [0.25, 0.3) is 0 Å². The molecular formula is C11H7F3N4. The fourth-order valence-electron chi connectivity index (χ4n) is 1.48. The van der Waals surface area contributed by atoms with Gasteiger partial charge < -0.3 is 0 Å². The summed E-state index contributed by atoms with van der Waals surface area (Å²) in [5.41, 5.74) is -0.771. The van der Waals surface area contributed by atoms with E-state index in [9.17, 15) is 13.2 Å². The van der Waals surface area contributed by atoms with Gasteiger partial charge in [0.15, 0.2) is 11.4 Å². The molecule has 0 bridgehead atoms. The van der Waals surface area contributed by atoms with E-state index in [1.807, 2.05) is 6.92 Å². The maximum atomic E-state index is 12.8. The van der Waals surface area contributed by atoms with E-state index in [1.165, 1.54) is 18.2 Å². The molecule has 7 heteroatoms. The van der Waals surface area contributed by atoms with Gasteiger partial charge in [-0.05, 0) is 19.1 Å². The zero-order chi connectivity index (χ0) is 13.3. The van der Waals surface area contributed by atoms with Crippen LogP contribution in [-0.2, 0) is 6.18 Å². The average Bonchev–Trinajstić information content (AvgIpc) is 2.73. The summed E-state index contributed by atoms with van der Waals surface area (Å²) in [6.45, 7) is 1.82. The van der Waals surface area contributed by atoms with Crippen molar-refractivity contribution < 1.29 is 13.2 Å². The van der Waals surface area contributed by atoms with Crippen molar-refractivity contribution in [3.63, 3.8) is 0 Å². The van der Waals surface area contributed by atoms with Crippen LogP contribution >= 0.6 is 0 Å². The van der Waals surface area contributed by atoms with Gasteiger partial charge in [-0.1, -0.05) is 22.9 Å². The minimum absolute atomic E-state index is 0.210. The molecule has 0 radical (unpaired) electrons. The van der Waals surface area contributed by atoms with Crippen LogP contribution in [0.4, 0.5) is 13.2 Å². The van der Waals surface area contributed by atoms with Crippen molar-refractivity contribution >= 4 is 0 Å². The van der Waals surface area contributed by atoms with Gasteiger partial charge in [0.1, 0.15) is 6.07 Å². The van der Waals surface area contributed by atoms with E-state index < -0.39 is 17.6 Å². The van der Waals surface area contributed by atoms with Crippen LogP contribution in [0.25, 0.3) is 5.69 Å². The van der Waals surface area contributed by atoms with Crippen molar-refractivity contribution in [3.05, 3.63) is 41.2 Å². The Kier molecular flexibility index (Phi) is 2.79. The van der Waals surface area contributed by atoms with Crippen molar-refractivity contribution in [2.75, 3.05) is 0 Å². The van der Waals surface area contributed by atoms with Crippen molar-refractivity contribution in [1.29, 1.82) is 5.26 Å². The lowest BCUT2D eigenvalue weighted by atomic mass is 10.2. The third-order valence-corrected chi connectivity index (χ3v) is 2.32. The molecule has 1 aromatic heterocycles. The number of hydrogen-bond acceptors (Lipinski definition) is 3. The molecule has 1 aromatic carbocycles. The topological polar surface area (TPSA) is 54.5 Å². The normalized spacial score (nSPS) is 11.3. The number of halogens is 3. The second-order valence-corrected chi connectivity index (χ2v) is 3.64. The lowest BCUT2D eigenvalue weighted by Crippen LogP contribution is -2.14. The van der Waals surface area contributed by atoms with Crippen LogP contribution in [0.5, 0.6) is 0 Å². The van der Waals surface area contributed by atoms with Gasteiger partial charge in [0, 0.05) is 0 Å². The predicted molar refractivity (Wildman–Crippen MR) is 55.8 cm³/mol. The van der Waals surface area contributed by atoms with E-state index in [1.54, 1.807) is 12.1 Å². The largest absolute Gasteiger partial charge is 0.436 e. The monoisotopic (exact) mass is 252 g/mol. The van der Waals surface area contributed by atoms with Crippen LogP contribution in [0.3, 0.4) is 0 Å². The van der Waals surface area contributed by atoms with Crippen LogP contribution in [0.1, 0.15) is 17.0 Å². The summed E-state index contributed by atoms with van der Waals surface area (Å²) >= 11 is 0. The van der Waals surface area contributed by atoms with Gasteiger partial charge in [0.05, 0.1) is 5.69 Å². The fourth-order valence-corrected chi connectivity index (χ4v) is 1.48. The zero-order valence-electron chi connectivity index (χ0n) is 9.23. The first-order valence-electron chi connectivity index (χ1n) is 4.93. The summed E-state index contributed by atoms with van der Waals surface area (Å²) in [6, 6.07) is 7.67. The summed E-state index contributed by atoms with van der Waals surface area (Å²) < 4.78 is 39.1. The van der Waals surface area contributed by atoms with Gasteiger partial charge in [-0.25, -0.2) is 4.68 Å². The molecule has 2 rings (SSSR count). The van der Waals surface area contributed by atoms with Crippen molar-refractivity contribution in [2.24, 2.45) is 0 Å². The summed E-state index contributed by atoms with van der Waals surface area (Å²) in [5.74, 6) is 0. The maximum absolute atomic E-state index is 12.8. The Morgan fingerprint density at radius 3 is 2.33 bits per heavy atom. The Labute approximate surface area is 100 Å². The van der Waals surface area contributed by atoms with E-state index >= 15 is 0 Å². The minimum atomic E-state index is -4.68. The fraction of sp³-hybridized carbons (Fsp3) is 0.182. The highest BCUT2D eigenvalue weighted by Crippen LogP contribution is 2.32. The molecule has 0 atom stereocenters. The SMILES string of the molecule is Cc1ccc(-n2nnc(C#N)c2C(F)(F)F)cc1. The number of nitriles is 1. The molecule has 0 aliphatic rings. The van der Waals surface area contributed by atoms with E-state index in [2.05, 4.69) is 10.3 Å². The smallest absolute Gasteiger partial charge is 0.207 e. The molecule has 0 fully saturated rings. The molecule has 18 heavy (non-hydrogen) atoms. The molecule has 0 spiro atoms. The van der Waals surface area contributed by atoms with Crippen LogP contribution in [-0.4, -0.2) is 15.0 Å². The van der Waals surface area contributed by atoms with E-state index in [-0.39, 0.29) is 5.69 Å². The molecule has 0 aliphatic carbocycles. The van der Waals surface area contributed by atoms with Gasteiger partial charge >= 0.3 is 6.18 Å². The van der Waals surface area contributed by atoms with Gasteiger partial charge in [-0.2, -0.15) is 18.4 Å². The van der Waals surface area contributed by atoms with Gasteiger partial charge in [0.2, 0.25) is 0 Å². The Hall–Kier alpha value is -2.36. The molecule has 0 amide bonds. The lowest BCUT2D eigenvalue weighted by Gasteiger charge is -2.09. The second kappa shape index (κ2) is 4.14. The number of aryl methyl sites for hydroxylation is 1. The Bertz CT molecular complexity index is 605. The van der Waals surface area contributed by atoms with Crippen LogP contribution in [0, 0.1) is 18.3 Å². The van der Waals surface area contributed by atoms with E-state index in [0.717, 1.165) is 5.56 Å². The molecular weight excluding hydrogens is 245 g/mol. The molecule has 0 N–H and O–H groups in total. The quantitative estimate of drug-likeness (QED) is 0.783. The van der Waals surface area contributed by atoms with Crippen LogP contribution in [0.15, 0.2) is 24.3 Å².